The molecule has 0 aliphatic carbocycles. The van der Waals surface area contributed by atoms with E-state index in [1.807, 2.05) is 13.8 Å². The smallest absolute Gasteiger partial charge is 0.416 e. The monoisotopic (exact) mass is 332 g/mol. The zero-order chi connectivity index (χ0) is 16.9. The van der Waals surface area contributed by atoms with Crippen LogP contribution in [0.5, 0.6) is 0 Å². The van der Waals surface area contributed by atoms with Gasteiger partial charge in [0.15, 0.2) is 0 Å². The number of esters is 1. The average Bonchev–Trinajstić information content (AvgIpc) is 2.43. The Labute approximate surface area is 132 Å². The van der Waals surface area contributed by atoms with Crippen molar-refractivity contribution < 1.29 is 22.7 Å². The van der Waals surface area contributed by atoms with Gasteiger partial charge in [-0.25, -0.2) is 4.79 Å². The predicted molar refractivity (Wildman–Crippen MR) is 83.4 cm³/mol. The first-order valence-electron chi connectivity index (χ1n) is 6.85. The molecule has 2 nitrogen and oxygen atoms in total. The highest BCUT2D eigenvalue weighted by Crippen LogP contribution is 2.35. The summed E-state index contributed by atoms with van der Waals surface area (Å²) in [5, 5.41) is 0. The van der Waals surface area contributed by atoms with Crippen molar-refractivity contribution in [2.75, 3.05) is 12.9 Å². The first kappa shape index (κ1) is 18.6. The topological polar surface area (TPSA) is 26.3 Å². The Hall–Kier alpha value is -1.43. The normalized spacial score (nSPS) is 13.1. The maximum atomic E-state index is 12.6. The summed E-state index contributed by atoms with van der Waals surface area (Å²) in [6, 6.07) is 4.85. The van der Waals surface area contributed by atoms with Crippen LogP contribution in [0.4, 0.5) is 13.2 Å². The van der Waals surface area contributed by atoms with Gasteiger partial charge >= 0.3 is 12.1 Å². The molecule has 122 valence electrons. The third-order valence-electron chi connectivity index (χ3n) is 3.01. The number of carbonyl (C=O) groups excluding carboxylic acids is 1. The number of allylic oxidation sites excluding steroid dienone is 1. The van der Waals surface area contributed by atoms with Gasteiger partial charge in [0.2, 0.25) is 0 Å². The maximum absolute atomic E-state index is 12.6. The number of benzene rings is 1. The fraction of sp³-hybridized carbons (Fsp3) is 0.438. The number of halogens is 3. The second-order valence-electron chi connectivity index (χ2n) is 4.90. The van der Waals surface area contributed by atoms with Gasteiger partial charge in [0, 0.05) is 0 Å². The molecule has 6 heteroatoms. The predicted octanol–water partition coefficient (Wildman–Crippen LogP) is 5.00. The van der Waals surface area contributed by atoms with E-state index in [4.69, 9.17) is 4.74 Å². The molecule has 22 heavy (non-hydrogen) atoms. The molecule has 0 unspecified atom stereocenters. The SMILES string of the molecule is CCOC(=O)/C(SC)=C(\c1ccc(C(F)(F)F)cc1)C(C)C. The maximum Gasteiger partial charge on any atom is 0.416 e. The van der Waals surface area contributed by atoms with E-state index in [1.54, 1.807) is 13.2 Å². The van der Waals surface area contributed by atoms with E-state index in [0.29, 0.717) is 16.0 Å². The van der Waals surface area contributed by atoms with E-state index in [2.05, 4.69) is 0 Å². The Bertz CT molecular complexity index is 546. The lowest BCUT2D eigenvalue weighted by Crippen LogP contribution is -2.10. The van der Waals surface area contributed by atoms with Crippen LogP contribution in [0.1, 0.15) is 31.9 Å². The molecule has 0 saturated carbocycles. The van der Waals surface area contributed by atoms with E-state index in [1.165, 1.54) is 23.9 Å². The van der Waals surface area contributed by atoms with E-state index in [-0.39, 0.29) is 12.5 Å². The minimum absolute atomic E-state index is 0.0245. The minimum atomic E-state index is -4.37. The molecule has 0 aliphatic rings. The number of rotatable bonds is 5. The third-order valence-corrected chi connectivity index (χ3v) is 3.80. The number of hydrogen-bond donors (Lipinski definition) is 0. The van der Waals surface area contributed by atoms with Crippen molar-refractivity contribution in [3.05, 3.63) is 40.3 Å². The van der Waals surface area contributed by atoms with Crippen LogP contribution in [0.2, 0.25) is 0 Å². The molecular formula is C16H19F3O2S. The zero-order valence-corrected chi connectivity index (χ0v) is 13.8. The van der Waals surface area contributed by atoms with Crippen molar-refractivity contribution in [1.29, 1.82) is 0 Å². The Morgan fingerprint density at radius 1 is 1.23 bits per heavy atom. The molecule has 0 radical (unpaired) electrons. The molecule has 0 atom stereocenters. The number of hydrogen-bond acceptors (Lipinski definition) is 3. The Morgan fingerprint density at radius 3 is 2.14 bits per heavy atom. The largest absolute Gasteiger partial charge is 0.462 e. The lowest BCUT2D eigenvalue weighted by Gasteiger charge is -2.17. The molecule has 1 rings (SSSR count). The molecule has 1 aromatic carbocycles. The summed E-state index contributed by atoms with van der Waals surface area (Å²) < 4.78 is 43.0. The summed E-state index contributed by atoms with van der Waals surface area (Å²) >= 11 is 1.24. The van der Waals surface area contributed by atoms with Gasteiger partial charge in [-0.1, -0.05) is 26.0 Å². The van der Waals surface area contributed by atoms with E-state index < -0.39 is 17.7 Å². The van der Waals surface area contributed by atoms with Crippen molar-refractivity contribution in [2.24, 2.45) is 5.92 Å². The van der Waals surface area contributed by atoms with Crippen molar-refractivity contribution in [3.63, 3.8) is 0 Å². The third kappa shape index (κ3) is 4.53. The lowest BCUT2D eigenvalue weighted by atomic mass is 9.94. The van der Waals surface area contributed by atoms with Crippen LogP contribution in [-0.4, -0.2) is 18.8 Å². The average molecular weight is 332 g/mol. The second kappa shape index (κ2) is 7.72. The number of carbonyl (C=O) groups is 1. The van der Waals surface area contributed by atoms with Crippen molar-refractivity contribution >= 4 is 23.3 Å². The minimum Gasteiger partial charge on any atom is -0.462 e. The van der Waals surface area contributed by atoms with Crippen LogP contribution in [0.25, 0.3) is 5.57 Å². The Balaban J connectivity index is 3.33. The first-order valence-corrected chi connectivity index (χ1v) is 8.07. The fourth-order valence-corrected chi connectivity index (χ4v) is 2.86. The van der Waals surface area contributed by atoms with Gasteiger partial charge in [-0.2, -0.15) is 13.2 Å². The van der Waals surface area contributed by atoms with Crippen molar-refractivity contribution in [3.8, 4) is 0 Å². The quantitative estimate of drug-likeness (QED) is 0.561. The highest BCUT2D eigenvalue weighted by atomic mass is 32.2. The summed E-state index contributed by atoms with van der Waals surface area (Å²) in [5.74, 6) is -0.470. The molecule has 0 bridgehead atoms. The van der Waals surface area contributed by atoms with Gasteiger partial charge < -0.3 is 4.74 Å². The molecular weight excluding hydrogens is 313 g/mol. The summed E-state index contributed by atoms with van der Waals surface area (Å²) in [5.41, 5.74) is 0.585. The van der Waals surface area contributed by atoms with Gasteiger partial charge in [0.05, 0.1) is 17.1 Å². The van der Waals surface area contributed by atoms with Gasteiger partial charge in [0.1, 0.15) is 0 Å². The fourth-order valence-electron chi connectivity index (χ4n) is 2.07. The van der Waals surface area contributed by atoms with Gasteiger partial charge in [-0.05, 0) is 42.4 Å². The van der Waals surface area contributed by atoms with E-state index in [9.17, 15) is 18.0 Å². The molecule has 0 N–H and O–H groups in total. The molecule has 0 heterocycles. The zero-order valence-electron chi connectivity index (χ0n) is 13.0. The Morgan fingerprint density at radius 2 is 1.77 bits per heavy atom. The molecule has 0 saturated heterocycles. The van der Waals surface area contributed by atoms with Crippen LogP contribution in [0.15, 0.2) is 29.2 Å². The van der Waals surface area contributed by atoms with Gasteiger partial charge in [0.25, 0.3) is 0 Å². The van der Waals surface area contributed by atoms with Crippen LogP contribution in [0.3, 0.4) is 0 Å². The molecule has 0 aliphatic heterocycles. The van der Waals surface area contributed by atoms with Crippen molar-refractivity contribution in [1.82, 2.24) is 0 Å². The van der Waals surface area contributed by atoms with Crippen LogP contribution < -0.4 is 0 Å². The van der Waals surface area contributed by atoms with Crippen LogP contribution in [-0.2, 0) is 15.7 Å². The lowest BCUT2D eigenvalue weighted by molar-refractivity contribution is -0.138. The highest BCUT2D eigenvalue weighted by molar-refractivity contribution is 8.03. The van der Waals surface area contributed by atoms with Crippen LogP contribution >= 0.6 is 11.8 Å². The second-order valence-corrected chi connectivity index (χ2v) is 5.71. The number of ether oxygens (including phenoxy) is 1. The molecule has 0 fully saturated rings. The number of thioether (sulfide) groups is 1. The van der Waals surface area contributed by atoms with Gasteiger partial charge in [-0.3, -0.25) is 0 Å². The van der Waals surface area contributed by atoms with Crippen LogP contribution in [0, 0.1) is 5.92 Å². The molecule has 1 aromatic rings. The molecule has 0 spiro atoms. The van der Waals surface area contributed by atoms with Crippen molar-refractivity contribution in [2.45, 2.75) is 26.9 Å². The highest BCUT2D eigenvalue weighted by Gasteiger charge is 2.30. The summed E-state index contributed by atoms with van der Waals surface area (Å²) in [6.45, 7) is 5.75. The Kier molecular flexibility index (Phi) is 6.53. The van der Waals surface area contributed by atoms with E-state index in [0.717, 1.165) is 12.1 Å². The summed E-state index contributed by atoms with van der Waals surface area (Å²) in [6.07, 6.45) is -2.62. The number of alkyl halides is 3. The standard InChI is InChI=1S/C16H19F3O2S/c1-5-21-15(20)14(22-4)13(10(2)3)11-6-8-12(9-7-11)16(17,18)19/h6-10H,5H2,1-4H3/b14-13+. The molecule has 0 amide bonds. The van der Waals surface area contributed by atoms with E-state index >= 15 is 0 Å². The molecule has 0 aromatic heterocycles. The first-order chi connectivity index (χ1) is 10.2. The summed E-state index contributed by atoms with van der Waals surface area (Å²) in [4.78, 5) is 12.5. The summed E-state index contributed by atoms with van der Waals surface area (Å²) in [7, 11) is 0. The van der Waals surface area contributed by atoms with Gasteiger partial charge in [-0.15, -0.1) is 11.8 Å².